The lowest BCUT2D eigenvalue weighted by atomic mass is 10.1. The highest BCUT2D eigenvalue weighted by Gasteiger charge is 2.43. The Kier molecular flexibility index (Phi) is 10.3. The van der Waals surface area contributed by atoms with Crippen molar-refractivity contribution in [1.29, 1.82) is 0 Å². The largest absolute Gasteiger partial charge is 0.490 e. The van der Waals surface area contributed by atoms with Crippen molar-refractivity contribution in [1.82, 2.24) is 4.90 Å². The van der Waals surface area contributed by atoms with Gasteiger partial charge in [-0.15, -0.1) is 0 Å². The van der Waals surface area contributed by atoms with Gasteiger partial charge in [-0.1, -0.05) is 42.5 Å². The third kappa shape index (κ3) is 7.98. The zero-order valence-electron chi connectivity index (χ0n) is 26.3. The summed E-state index contributed by atoms with van der Waals surface area (Å²) < 4.78 is 48.6. The number of fused-ring (bicyclic) bond motifs is 1. The van der Waals surface area contributed by atoms with Crippen molar-refractivity contribution >= 4 is 39.2 Å². The molecule has 2 aliphatic heterocycles. The van der Waals surface area contributed by atoms with Crippen LogP contribution in [0.15, 0.2) is 66.7 Å². The number of imide groups is 1. The van der Waals surface area contributed by atoms with Crippen LogP contribution in [0.3, 0.4) is 0 Å². The molecule has 3 aromatic rings. The first kappa shape index (κ1) is 33.6. The summed E-state index contributed by atoms with van der Waals surface area (Å²) in [5.41, 5.74) is 1.36. The Labute approximate surface area is 272 Å². The molecule has 5 rings (SSSR count). The molecule has 0 spiro atoms. The van der Waals surface area contributed by atoms with Crippen molar-refractivity contribution in [2.24, 2.45) is 0 Å². The number of benzene rings is 3. The van der Waals surface area contributed by atoms with Gasteiger partial charge in [0.05, 0.1) is 35.2 Å². The molecule has 3 atom stereocenters. The van der Waals surface area contributed by atoms with Crippen LogP contribution in [0.25, 0.3) is 0 Å². The van der Waals surface area contributed by atoms with Crippen LogP contribution in [0, 0.1) is 0 Å². The Hall–Kier alpha value is -4.75. The van der Waals surface area contributed by atoms with Gasteiger partial charge < -0.3 is 24.3 Å². The zero-order chi connectivity index (χ0) is 33.7. The van der Waals surface area contributed by atoms with E-state index < -0.39 is 57.7 Å². The minimum absolute atomic E-state index is 0.0116. The van der Waals surface area contributed by atoms with Gasteiger partial charge in [-0.2, -0.15) is 0 Å². The first-order valence-corrected chi connectivity index (χ1v) is 17.3. The Morgan fingerprint density at radius 2 is 1.77 bits per heavy atom. The van der Waals surface area contributed by atoms with E-state index in [9.17, 15) is 27.6 Å². The number of anilines is 1. The van der Waals surface area contributed by atoms with Gasteiger partial charge in [-0.25, -0.2) is 13.2 Å². The highest BCUT2D eigenvalue weighted by Crippen LogP contribution is 2.39. The van der Waals surface area contributed by atoms with E-state index in [-0.39, 0.29) is 41.5 Å². The molecule has 0 unspecified atom stereocenters. The number of hydrogen-bond donors (Lipinski definition) is 1. The normalized spacial score (nSPS) is 18.3. The Morgan fingerprint density at radius 1 is 1.00 bits per heavy atom. The standard InChI is InChI=1S/C34H36N2O10S/c1-4-43-29-18-23(16-17-27(29)45-30-15-9-14-28(46-30)34(40)44-19-22-10-6-5-7-11-22)26(20-47(3,41)42)36-32(38)24-12-8-13-25(35-21(2)37)31(24)33(36)39/h5-8,10-13,16-18,26,28,30H,4,9,14-15,19-20H2,1-3H3,(H,35,37)/t26-,28+,30-/m1/s1. The summed E-state index contributed by atoms with van der Waals surface area (Å²) in [7, 11) is -3.72. The molecule has 12 nitrogen and oxygen atoms in total. The Balaban J connectivity index is 1.38. The van der Waals surface area contributed by atoms with Gasteiger partial charge in [0.1, 0.15) is 16.4 Å². The van der Waals surface area contributed by atoms with Crippen molar-refractivity contribution in [3.05, 3.63) is 89.0 Å². The molecule has 248 valence electrons. The van der Waals surface area contributed by atoms with Gasteiger partial charge in [-0.05, 0) is 55.2 Å². The van der Waals surface area contributed by atoms with Gasteiger partial charge in [-0.3, -0.25) is 19.3 Å². The van der Waals surface area contributed by atoms with Gasteiger partial charge in [0.25, 0.3) is 11.8 Å². The molecule has 2 heterocycles. The second-order valence-corrected chi connectivity index (χ2v) is 13.5. The van der Waals surface area contributed by atoms with Gasteiger partial charge in [0.2, 0.25) is 12.2 Å². The molecule has 0 saturated carbocycles. The number of nitrogens with one attached hydrogen (secondary N) is 1. The monoisotopic (exact) mass is 664 g/mol. The fourth-order valence-electron chi connectivity index (χ4n) is 5.60. The predicted molar refractivity (Wildman–Crippen MR) is 171 cm³/mol. The van der Waals surface area contributed by atoms with E-state index in [1.807, 2.05) is 30.3 Å². The molecule has 0 radical (unpaired) electrons. The van der Waals surface area contributed by atoms with Crippen molar-refractivity contribution in [3.8, 4) is 11.5 Å². The molecular weight excluding hydrogens is 628 g/mol. The van der Waals surface area contributed by atoms with Gasteiger partial charge in [0.15, 0.2) is 17.6 Å². The van der Waals surface area contributed by atoms with Crippen LogP contribution in [0.4, 0.5) is 5.69 Å². The predicted octanol–water partition coefficient (Wildman–Crippen LogP) is 4.44. The van der Waals surface area contributed by atoms with Crippen LogP contribution >= 0.6 is 0 Å². The van der Waals surface area contributed by atoms with E-state index >= 15 is 0 Å². The molecule has 1 saturated heterocycles. The lowest BCUT2D eigenvalue weighted by molar-refractivity contribution is -0.187. The number of nitrogens with zero attached hydrogens (tertiary/aromatic N) is 1. The van der Waals surface area contributed by atoms with Crippen molar-refractivity contribution < 1.29 is 46.5 Å². The molecule has 3 amide bonds. The minimum atomic E-state index is -3.72. The maximum absolute atomic E-state index is 13.7. The Morgan fingerprint density at radius 3 is 2.47 bits per heavy atom. The molecule has 3 aromatic carbocycles. The second-order valence-electron chi connectivity index (χ2n) is 11.3. The van der Waals surface area contributed by atoms with E-state index in [1.165, 1.54) is 31.2 Å². The lowest BCUT2D eigenvalue weighted by Crippen LogP contribution is -2.38. The lowest BCUT2D eigenvalue weighted by Gasteiger charge is -2.30. The van der Waals surface area contributed by atoms with E-state index in [0.29, 0.717) is 24.8 Å². The number of hydrogen-bond acceptors (Lipinski definition) is 10. The van der Waals surface area contributed by atoms with E-state index in [2.05, 4.69) is 5.32 Å². The number of ether oxygens (including phenoxy) is 4. The SMILES string of the molecule is CCOc1cc([C@@H](CS(C)(=O)=O)N2C(=O)c3cccc(NC(C)=O)c3C2=O)ccc1O[C@H]1CCC[C@@H](C(=O)OCc2ccccc2)O1. The van der Waals surface area contributed by atoms with Crippen molar-refractivity contribution in [2.75, 3.05) is 23.9 Å². The molecule has 0 bridgehead atoms. The fraction of sp³-hybridized carbons (Fsp3) is 0.353. The summed E-state index contributed by atoms with van der Waals surface area (Å²) in [6, 6.07) is 17.2. The molecule has 2 aliphatic rings. The van der Waals surface area contributed by atoms with E-state index in [1.54, 1.807) is 19.1 Å². The zero-order valence-corrected chi connectivity index (χ0v) is 27.1. The summed E-state index contributed by atoms with van der Waals surface area (Å²) in [4.78, 5) is 52.7. The third-order valence-corrected chi connectivity index (χ3v) is 8.57. The molecular formula is C34H36N2O10S. The number of rotatable bonds is 12. The third-order valence-electron chi connectivity index (χ3n) is 7.65. The second kappa shape index (κ2) is 14.3. The molecule has 1 fully saturated rings. The highest BCUT2D eigenvalue weighted by molar-refractivity contribution is 7.90. The summed E-state index contributed by atoms with van der Waals surface area (Å²) in [5, 5.41) is 2.57. The highest BCUT2D eigenvalue weighted by atomic mass is 32.2. The van der Waals surface area contributed by atoms with Crippen LogP contribution < -0.4 is 14.8 Å². The quantitative estimate of drug-likeness (QED) is 0.217. The van der Waals surface area contributed by atoms with Crippen LogP contribution in [0.2, 0.25) is 0 Å². The van der Waals surface area contributed by atoms with Gasteiger partial charge >= 0.3 is 5.97 Å². The first-order valence-electron chi connectivity index (χ1n) is 15.2. The summed E-state index contributed by atoms with van der Waals surface area (Å²) in [5.74, 6) is -2.40. The molecule has 0 aliphatic carbocycles. The van der Waals surface area contributed by atoms with Crippen LogP contribution in [-0.4, -0.2) is 68.0 Å². The minimum Gasteiger partial charge on any atom is -0.490 e. The van der Waals surface area contributed by atoms with Crippen LogP contribution in [-0.2, 0) is 35.5 Å². The molecule has 13 heteroatoms. The molecule has 1 N–H and O–H groups in total. The number of amides is 3. The average molecular weight is 665 g/mol. The summed E-state index contributed by atoms with van der Waals surface area (Å²) in [6.07, 6.45) is 1.03. The van der Waals surface area contributed by atoms with E-state index in [0.717, 1.165) is 16.7 Å². The van der Waals surface area contributed by atoms with Crippen molar-refractivity contribution in [2.45, 2.75) is 58.2 Å². The number of esters is 1. The number of carbonyl (C=O) groups excluding carboxylic acids is 4. The first-order chi connectivity index (χ1) is 22.4. The van der Waals surface area contributed by atoms with Crippen LogP contribution in [0.5, 0.6) is 11.5 Å². The topological polar surface area (TPSA) is 155 Å². The maximum Gasteiger partial charge on any atom is 0.335 e. The van der Waals surface area contributed by atoms with Gasteiger partial charge in [0, 0.05) is 19.6 Å². The number of sulfone groups is 1. The van der Waals surface area contributed by atoms with E-state index in [4.69, 9.17) is 18.9 Å². The summed E-state index contributed by atoms with van der Waals surface area (Å²) in [6.45, 7) is 3.38. The molecule has 0 aromatic heterocycles. The maximum atomic E-state index is 13.7. The fourth-order valence-corrected chi connectivity index (χ4v) is 6.51. The van der Waals surface area contributed by atoms with Crippen LogP contribution in [0.1, 0.15) is 71.0 Å². The number of carbonyl (C=O) groups is 4. The Bertz CT molecular complexity index is 1780. The molecule has 47 heavy (non-hydrogen) atoms. The average Bonchev–Trinajstić information content (AvgIpc) is 3.29. The smallest absolute Gasteiger partial charge is 0.335 e. The summed E-state index contributed by atoms with van der Waals surface area (Å²) >= 11 is 0. The van der Waals surface area contributed by atoms with Crippen molar-refractivity contribution in [3.63, 3.8) is 0 Å².